The summed E-state index contributed by atoms with van der Waals surface area (Å²) in [5.41, 5.74) is 0.659. The average Bonchev–Trinajstić information content (AvgIpc) is 2.74. The number of hydrogen-bond acceptors (Lipinski definition) is 4. The zero-order valence-electron chi connectivity index (χ0n) is 20.1. The molecule has 9 heteroatoms. The molecule has 2 aromatic carbocycles. The van der Waals surface area contributed by atoms with Crippen molar-refractivity contribution in [3.05, 3.63) is 58.9 Å². The van der Waals surface area contributed by atoms with Gasteiger partial charge in [0.05, 0.1) is 16.6 Å². The van der Waals surface area contributed by atoms with Crippen molar-refractivity contribution in [1.82, 2.24) is 5.32 Å². The molecule has 0 saturated carbocycles. The summed E-state index contributed by atoms with van der Waals surface area (Å²) in [6, 6.07) is 8.80. The fourth-order valence-corrected chi connectivity index (χ4v) is 5.59. The van der Waals surface area contributed by atoms with Crippen molar-refractivity contribution in [2.75, 3.05) is 4.31 Å². The van der Waals surface area contributed by atoms with E-state index in [1.807, 2.05) is 13.8 Å². The van der Waals surface area contributed by atoms with Gasteiger partial charge in [0.25, 0.3) is 10.0 Å². The number of nitrogens with zero attached hydrogens (tertiary/aromatic N) is 1. The van der Waals surface area contributed by atoms with Gasteiger partial charge in [-0.2, -0.15) is 0 Å². The molecule has 0 fully saturated rings. The van der Waals surface area contributed by atoms with Crippen LogP contribution in [0.5, 0.6) is 0 Å². The van der Waals surface area contributed by atoms with Crippen molar-refractivity contribution < 1.29 is 22.4 Å². The van der Waals surface area contributed by atoms with Crippen LogP contribution in [0.1, 0.15) is 52.5 Å². The SMILES string of the molecule is CC(=O)C(NC(=O)CCC[C@@H](C)N(c1cc(C)ccc1F)S(=O)(=O)c1ccc(Cl)cc1)C(C)C. The molecule has 1 unspecified atom stereocenters. The Morgan fingerprint density at radius 1 is 1.09 bits per heavy atom. The lowest BCUT2D eigenvalue weighted by Crippen LogP contribution is -2.43. The fourth-order valence-electron chi connectivity index (χ4n) is 3.77. The van der Waals surface area contributed by atoms with Gasteiger partial charge in [0.2, 0.25) is 5.91 Å². The number of benzene rings is 2. The summed E-state index contributed by atoms with van der Waals surface area (Å²) in [5, 5.41) is 3.12. The minimum atomic E-state index is -4.11. The van der Waals surface area contributed by atoms with Crippen molar-refractivity contribution in [3.8, 4) is 0 Å². The molecule has 0 aromatic heterocycles. The van der Waals surface area contributed by atoms with E-state index in [1.54, 1.807) is 19.9 Å². The second-order valence-corrected chi connectivity index (χ2v) is 11.1. The predicted molar refractivity (Wildman–Crippen MR) is 133 cm³/mol. The van der Waals surface area contributed by atoms with Crippen LogP contribution in [0.4, 0.5) is 10.1 Å². The number of Topliss-reactive ketones (excluding diaryl/α,β-unsaturated/α-hetero) is 1. The quantitative estimate of drug-likeness (QED) is 0.446. The molecule has 0 aliphatic heterocycles. The van der Waals surface area contributed by atoms with Crippen LogP contribution in [0, 0.1) is 18.7 Å². The van der Waals surface area contributed by atoms with Crippen LogP contribution >= 0.6 is 11.6 Å². The first kappa shape index (κ1) is 27.8. The molecule has 0 radical (unpaired) electrons. The van der Waals surface area contributed by atoms with E-state index in [4.69, 9.17) is 11.6 Å². The van der Waals surface area contributed by atoms with Gasteiger partial charge in [-0.15, -0.1) is 0 Å². The van der Waals surface area contributed by atoms with E-state index < -0.39 is 27.9 Å². The van der Waals surface area contributed by atoms with Crippen LogP contribution in [0.25, 0.3) is 0 Å². The second kappa shape index (κ2) is 11.8. The molecule has 2 atom stereocenters. The van der Waals surface area contributed by atoms with E-state index in [1.165, 1.54) is 43.3 Å². The Morgan fingerprint density at radius 3 is 2.26 bits per heavy atom. The van der Waals surface area contributed by atoms with Crippen LogP contribution in [0.3, 0.4) is 0 Å². The predicted octanol–water partition coefficient (Wildman–Crippen LogP) is 5.27. The standard InChI is InChI=1S/C25H32ClFN2O4S/c1-16(2)25(19(5)30)28-24(31)8-6-7-18(4)29(23-15-17(3)9-14-22(23)27)34(32,33)21-12-10-20(26)11-13-21/h9-16,18,25H,6-8H2,1-5H3,(H,28,31)/t18-,25?/m1/s1. The smallest absolute Gasteiger partial charge is 0.264 e. The first-order valence-electron chi connectivity index (χ1n) is 11.2. The monoisotopic (exact) mass is 510 g/mol. The highest BCUT2D eigenvalue weighted by Gasteiger charge is 2.31. The summed E-state index contributed by atoms with van der Waals surface area (Å²) in [6.45, 7) is 8.57. The van der Waals surface area contributed by atoms with Gasteiger partial charge in [0.1, 0.15) is 5.82 Å². The van der Waals surface area contributed by atoms with Crippen LogP contribution in [0.2, 0.25) is 5.02 Å². The lowest BCUT2D eigenvalue weighted by molar-refractivity contribution is -0.127. The van der Waals surface area contributed by atoms with Crippen molar-refractivity contribution in [2.24, 2.45) is 5.92 Å². The summed E-state index contributed by atoms with van der Waals surface area (Å²) in [6.07, 6.45) is 0.780. The van der Waals surface area contributed by atoms with E-state index >= 15 is 0 Å². The summed E-state index contributed by atoms with van der Waals surface area (Å²) in [4.78, 5) is 24.1. The summed E-state index contributed by atoms with van der Waals surface area (Å²) < 4.78 is 43.0. The zero-order chi connectivity index (χ0) is 25.6. The number of rotatable bonds is 11. The Labute approximate surface area is 206 Å². The average molecular weight is 511 g/mol. The van der Waals surface area contributed by atoms with E-state index in [2.05, 4.69) is 5.32 Å². The Morgan fingerprint density at radius 2 is 1.71 bits per heavy atom. The third kappa shape index (κ3) is 7.03. The molecule has 0 saturated heterocycles. The highest BCUT2D eigenvalue weighted by Crippen LogP contribution is 2.31. The molecule has 0 aliphatic rings. The molecule has 1 amide bonds. The molecule has 0 bridgehead atoms. The molecule has 2 aromatic rings. The normalized spacial score (nSPS) is 13.4. The molecule has 186 valence electrons. The van der Waals surface area contributed by atoms with E-state index in [-0.39, 0.29) is 34.6 Å². The highest BCUT2D eigenvalue weighted by atomic mass is 35.5. The Bertz CT molecular complexity index is 1120. The molecular formula is C25H32ClFN2O4S. The number of amides is 1. The Kier molecular flexibility index (Phi) is 9.64. The number of carbonyl (C=O) groups is 2. The van der Waals surface area contributed by atoms with Gasteiger partial charge < -0.3 is 5.32 Å². The number of halogens is 2. The van der Waals surface area contributed by atoms with E-state index in [0.29, 0.717) is 23.4 Å². The van der Waals surface area contributed by atoms with Crippen molar-refractivity contribution in [2.45, 2.75) is 70.9 Å². The van der Waals surface area contributed by atoms with Gasteiger partial charge in [-0.3, -0.25) is 13.9 Å². The number of carbonyl (C=O) groups excluding carboxylic acids is 2. The van der Waals surface area contributed by atoms with Crippen LogP contribution in [0.15, 0.2) is 47.4 Å². The largest absolute Gasteiger partial charge is 0.346 e. The molecule has 2 rings (SSSR count). The first-order valence-corrected chi connectivity index (χ1v) is 13.0. The minimum absolute atomic E-state index is 0.0105. The lowest BCUT2D eigenvalue weighted by atomic mass is 10.0. The molecule has 34 heavy (non-hydrogen) atoms. The number of nitrogens with one attached hydrogen (secondary N) is 1. The number of hydrogen-bond donors (Lipinski definition) is 1. The molecule has 0 spiro atoms. The van der Waals surface area contributed by atoms with Crippen LogP contribution < -0.4 is 9.62 Å². The number of ketones is 1. The minimum Gasteiger partial charge on any atom is -0.346 e. The Balaban J connectivity index is 2.26. The van der Waals surface area contributed by atoms with Gasteiger partial charge >= 0.3 is 0 Å². The molecule has 1 N–H and O–H groups in total. The van der Waals surface area contributed by atoms with Gasteiger partial charge in [-0.25, -0.2) is 12.8 Å². The van der Waals surface area contributed by atoms with Crippen LogP contribution in [-0.4, -0.2) is 32.2 Å². The van der Waals surface area contributed by atoms with Gasteiger partial charge in [-0.05, 0) is 81.5 Å². The Hall–Kier alpha value is -2.45. The van der Waals surface area contributed by atoms with E-state index in [0.717, 1.165) is 4.31 Å². The van der Waals surface area contributed by atoms with Gasteiger partial charge in [0.15, 0.2) is 5.78 Å². The fraction of sp³-hybridized carbons (Fsp3) is 0.440. The maximum atomic E-state index is 14.8. The summed E-state index contributed by atoms with van der Waals surface area (Å²) in [7, 11) is -4.11. The highest BCUT2D eigenvalue weighted by molar-refractivity contribution is 7.92. The molecule has 6 nitrogen and oxygen atoms in total. The maximum absolute atomic E-state index is 14.8. The third-order valence-electron chi connectivity index (χ3n) is 5.56. The van der Waals surface area contributed by atoms with Crippen molar-refractivity contribution in [3.63, 3.8) is 0 Å². The summed E-state index contributed by atoms with van der Waals surface area (Å²) >= 11 is 5.91. The van der Waals surface area contributed by atoms with Gasteiger partial charge in [-0.1, -0.05) is 31.5 Å². The number of anilines is 1. The second-order valence-electron chi connectivity index (χ2n) is 8.85. The van der Waals surface area contributed by atoms with Crippen molar-refractivity contribution in [1.29, 1.82) is 0 Å². The molecular weight excluding hydrogens is 479 g/mol. The van der Waals surface area contributed by atoms with Gasteiger partial charge in [0, 0.05) is 17.5 Å². The summed E-state index contributed by atoms with van der Waals surface area (Å²) in [5.74, 6) is -1.10. The maximum Gasteiger partial charge on any atom is 0.264 e. The van der Waals surface area contributed by atoms with Crippen LogP contribution in [-0.2, 0) is 19.6 Å². The zero-order valence-corrected chi connectivity index (χ0v) is 21.7. The molecule has 0 aliphatic carbocycles. The van der Waals surface area contributed by atoms with E-state index in [9.17, 15) is 22.4 Å². The third-order valence-corrected chi connectivity index (χ3v) is 7.75. The molecule has 0 heterocycles. The topological polar surface area (TPSA) is 83.6 Å². The number of sulfonamides is 1. The first-order chi connectivity index (χ1) is 15.8. The van der Waals surface area contributed by atoms with Crippen molar-refractivity contribution >= 4 is 39.0 Å². The number of aryl methyl sites for hydroxylation is 1. The lowest BCUT2D eigenvalue weighted by Gasteiger charge is -2.31.